The Balaban J connectivity index is 2.27. The molecule has 0 saturated heterocycles. The maximum absolute atomic E-state index is 5.27. The van der Waals surface area contributed by atoms with Gasteiger partial charge in [-0.15, -0.1) is 10.2 Å². The molecule has 0 radical (unpaired) electrons. The van der Waals surface area contributed by atoms with Crippen LogP contribution in [0.2, 0.25) is 0 Å². The van der Waals surface area contributed by atoms with Crippen LogP contribution in [0.4, 0.5) is 0 Å². The van der Waals surface area contributed by atoms with Gasteiger partial charge in [-0.2, -0.15) is 0 Å². The van der Waals surface area contributed by atoms with E-state index in [1.165, 1.54) is 0 Å². The average Bonchev–Trinajstić information content (AvgIpc) is 2.82. The van der Waals surface area contributed by atoms with Gasteiger partial charge in [-0.1, -0.05) is 34.3 Å². The number of hydrogen-bond donors (Lipinski definition) is 0. The fourth-order valence-corrected chi connectivity index (χ4v) is 2.44. The highest BCUT2D eigenvalue weighted by atomic mass is 79.9. The Labute approximate surface area is 112 Å². The zero-order valence-corrected chi connectivity index (χ0v) is 12.0. The number of nitrogens with zero attached hydrogens (tertiary/aromatic N) is 3. The van der Waals surface area contributed by atoms with Crippen molar-refractivity contribution in [2.45, 2.75) is 12.1 Å². The van der Waals surface area contributed by atoms with Crippen molar-refractivity contribution < 1.29 is 4.42 Å². The van der Waals surface area contributed by atoms with Gasteiger partial charge in [-0.25, -0.2) is 0 Å². The predicted molar refractivity (Wildman–Crippen MR) is 72.2 cm³/mol. The first-order chi connectivity index (χ1) is 8.09. The quantitative estimate of drug-likeness (QED) is 0.812. The Bertz CT molecular complexity index is 547. The Morgan fingerprint density at radius 3 is 2.94 bits per heavy atom. The number of aryl methyl sites for hydroxylation is 1. The van der Waals surface area contributed by atoms with E-state index in [9.17, 15) is 0 Å². The highest BCUT2D eigenvalue weighted by molar-refractivity contribution is 9.11. The molecule has 0 saturated carbocycles. The van der Waals surface area contributed by atoms with Crippen LogP contribution in [-0.2, 0) is 7.05 Å². The van der Waals surface area contributed by atoms with Crippen LogP contribution in [0.15, 0.2) is 33.0 Å². The molecule has 0 bridgehead atoms. The summed E-state index contributed by atoms with van der Waals surface area (Å²) >= 11 is 4.92. The maximum Gasteiger partial charge on any atom is 0.191 e. The minimum absolute atomic E-state index is 0.774. The van der Waals surface area contributed by atoms with Crippen LogP contribution in [0, 0.1) is 6.92 Å². The van der Waals surface area contributed by atoms with E-state index in [1.54, 1.807) is 18.0 Å². The topological polar surface area (TPSA) is 43.9 Å². The Morgan fingerprint density at radius 2 is 2.35 bits per heavy atom. The molecular formula is C11H12BrN3OS. The minimum atomic E-state index is 0.774. The average molecular weight is 314 g/mol. The van der Waals surface area contributed by atoms with Crippen molar-refractivity contribution in [3.05, 3.63) is 29.2 Å². The van der Waals surface area contributed by atoms with Gasteiger partial charge >= 0.3 is 0 Å². The Hall–Kier alpha value is -1.01. The fraction of sp³-hybridized carbons (Fsp3) is 0.273. The molecular weight excluding hydrogens is 302 g/mol. The molecule has 17 heavy (non-hydrogen) atoms. The molecule has 4 nitrogen and oxygen atoms in total. The summed E-state index contributed by atoms with van der Waals surface area (Å²) in [5, 5.41) is 9.20. The number of rotatable bonds is 4. The van der Waals surface area contributed by atoms with E-state index in [0.29, 0.717) is 0 Å². The molecule has 0 aliphatic heterocycles. The van der Waals surface area contributed by atoms with Gasteiger partial charge in [0.2, 0.25) is 0 Å². The summed E-state index contributed by atoms with van der Waals surface area (Å²) in [6.07, 6.45) is 1.66. The van der Waals surface area contributed by atoms with Crippen LogP contribution in [0.5, 0.6) is 0 Å². The van der Waals surface area contributed by atoms with Crippen LogP contribution in [0.3, 0.4) is 0 Å². The summed E-state index contributed by atoms with van der Waals surface area (Å²) in [6, 6.07) is 1.90. The first-order valence-corrected chi connectivity index (χ1v) is 6.77. The third-order valence-corrected chi connectivity index (χ3v) is 4.05. The molecule has 0 spiro atoms. The SMILES string of the molecule is C=C(Br)CSc1nnc(-c2ccoc2C)n1C. The van der Waals surface area contributed by atoms with Crippen molar-refractivity contribution in [1.29, 1.82) is 0 Å². The van der Waals surface area contributed by atoms with Crippen molar-refractivity contribution in [3.8, 4) is 11.4 Å². The molecule has 0 aliphatic rings. The van der Waals surface area contributed by atoms with Crippen LogP contribution in [-0.4, -0.2) is 20.5 Å². The summed E-state index contributed by atoms with van der Waals surface area (Å²) in [5.74, 6) is 2.44. The van der Waals surface area contributed by atoms with Gasteiger partial charge in [-0.3, -0.25) is 0 Å². The van der Waals surface area contributed by atoms with Crippen LogP contribution in [0.25, 0.3) is 11.4 Å². The molecule has 0 aliphatic carbocycles. The first-order valence-electron chi connectivity index (χ1n) is 4.99. The molecule has 0 unspecified atom stereocenters. The van der Waals surface area contributed by atoms with Crippen LogP contribution >= 0.6 is 27.7 Å². The van der Waals surface area contributed by atoms with Gasteiger partial charge < -0.3 is 8.98 Å². The number of thioether (sulfide) groups is 1. The van der Waals surface area contributed by atoms with Gasteiger partial charge in [-0.05, 0) is 17.5 Å². The van der Waals surface area contributed by atoms with Gasteiger partial charge in [0.15, 0.2) is 11.0 Å². The van der Waals surface area contributed by atoms with Crippen molar-refractivity contribution >= 4 is 27.7 Å². The third-order valence-electron chi connectivity index (χ3n) is 2.29. The Kier molecular flexibility index (Phi) is 3.73. The zero-order chi connectivity index (χ0) is 12.4. The smallest absolute Gasteiger partial charge is 0.191 e. The number of hydrogen-bond acceptors (Lipinski definition) is 4. The summed E-state index contributed by atoms with van der Waals surface area (Å²) in [7, 11) is 1.95. The lowest BCUT2D eigenvalue weighted by Crippen LogP contribution is -1.95. The molecule has 2 aromatic heterocycles. The molecule has 0 amide bonds. The Morgan fingerprint density at radius 1 is 1.59 bits per heavy atom. The van der Waals surface area contributed by atoms with Gasteiger partial charge in [0.25, 0.3) is 0 Å². The molecule has 0 fully saturated rings. The molecule has 2 heterocycles. The van der Waals surface area contributed by atoms with Crippen molar-refractivity contribution in [3.63, 3.8) is 0 Å². The van der Waals surface area contributed by atoms with Gasteiger partial charge in [0.1, 0.15) is 5.76 Å². The standard InChI is InChI=1S/C11H12BrN3OS/c1-7(12)6-17-11-14-13-10(15(11)3)9-4-5-16-8(9)2/h4-5H,1,6H2,2-3H3. The number of aromatic nitrogens is 3. The van der Waals surface area contributed by atoms with Crippen molar-refractivity contribution in [1.82, 2.24) is 14.8 Å². The highest BCUT2D eigenvalue weighted by Crippen LogP contribution is 2.26. The molecule has 2 rings (SSSR count). The largest absolute Gasteiger partial charge is 0.469 e. The van der Waals surface area contributed by atoms with Gasteiger partial charge in [0.05, 0.1) is 11.8 Å². The minimum Gasteiger partial charge on any atom is -0.469 e. The monoisotopic (exact) mass is 313 g/mol. The zero-order valence-electron chi connectivity index (χ0n) is 9.61. The second-order valence-corrected chi connectivity index (χ2v) is 5.63. The van der Waals surface area contributed by atoms with Crippen LogP contribution in [0.1, 0.15) is 5.76 Å². The molecule has 0 N–H and O–H groups in total. The van der Waals surface area contributed by atoms with Crippen molar-refractivity contribution in [2.24, 2.45) is 7.05 Å². The van der Waals surface area contributed by atoms with E-state index >= 15 is 0 Å². The van der Waals surface area contributed by atoms with Crippen molar-refractivity contribution in [2.75, 3.05) is 5.75 Å². The summed E-state index contributed by atoms with van der Waals surface area (Å²) in [6.45, 7) is 5.71. The fourth-order valence-electron chi connectivity index (χ4n) is 1.43. The van der Waals surface area contributed by atoms with Crippen LogP contribution < -0.4 is 0 Å². The second-order valence-electron chi connectivity index (χ2n) is 3.56. The van der Waals surface area contributed by atoms with E-state index < -0.39 is 0 Å². The molecule has 0 atom stereocenters. The van der Waals surface area contributed by atoms with E-state index in [4.69, 9.17) is 4.42 Å². The summed E-state index contributed by atoms with van der Waals surface area (Å²) in [4.78, 5) is 0. The first kappa shape index (κ1) is 12.4. The van der Waals surface area contributed by atoms with E-state index in [1.807, 2.05) is 24.6 Å². The van der Waals surface area contributed by atoms with E-state index in [-0.39, 0.29) is 0 Å². The predicted octanol–water partition coefficient (Wildman–Crippen LogP) is 3.38. The normalized spacial score (nSPS) is 10.8. The van der Waals surface area contributed by atoms with Gasteiger partial charge in [0, 0.05) is 12.8 Å². The molecule has 6 heteroatoms. The van der Waals surface area contributed by atoms with E-state index in [2.05, 4.69) is 32.7 Å². The number of furan rings is 1. The molecule has 2 aromatic rings. The highest BCUT2D eigenvalue weighted by Gasteiger charge is 2.14. The van der Waals surface area contributed by atoms with E-state index in [0.717, 1.165) is 32.5 Å². The summed E-state index contributed by atoms with van der Waals surface area (Å²) in [5.41, 5.74) is 0.976. The lowest BCUT2D eigenvalue weighted by atomic mass is 10.2. The maximum atomic E-state index is 5.27. The molecule has 0 aromatic carbocycles. The number of halogens is 1. The second kappa shape index (κ2) is 5.10. The third kappa shape index (κ3) is 2.63. The lowest BCUT2D eigenvalue weighted by Gasteiger charge is -2.02. The summed E-state index contributed by atoms with van der Waals surface area (Å²) < 4.78 is 8.17. The molecule has 90 valence electrons. The lowest BCUT2D eigenvalue weighted by molar-refractivity contribution is 0.534.